The average molecular weight is 360 g/mol. The summed E-state index contributed by atoms with van der Waals surface area (Å²) in [5, 5.41) is 11.3. The van der Waals surface area contributed by atoms with Crippen molar-refractivity contribution >= 4 is 27.7 Å². The molecule has 0 saturated carbocycles. The molecule has 0 aliphatic rings. The molecule has 1 aromatic carbocycles. The Morgan fingerprint density at radius 3 is 2.77 bits per heavy atom. The summed E-state index contributed by atoms with van der Waals surface area (Å²) in [5.41, 5.74) is 2.23. The molecule has 0 unspecified atom stereocenters. The Kier molecular flexibility index (Phi) is 3.81. The van der Waals surface area contributed by atoms with Crippen molar-refractivity contribution in [1.29, 1.82) is 0 Å². The first kappa shape index (κ1) is 14.5. The van der Waals surface area contributed by atoms with Crippen LogP contribution >= 0.6 is 15.9 Å². The molecule has 7 heteroatoms. The fraction of sp³-hybridized carbons (Fsp3) is 0.133. The van der Waals surface area contributed by atoms with Gasteiger partial charge < -0.3 is 5.32 Å². The van der Waals surface area contributed by atoms with Gasteiger partial charge in [-0.25, -0.2) is 4.68 Å². The third kappa shape index (κ3) is 2.94. The van der Waals surface area contributed by atoms with E-state index >= 15 is 0 Å². The predicted octanol–water partition coefficient (Wildman–Crippen LogP) is 2.93. The summed E-state index contributed by atoms with van der Waals surface area (Å²) >= 11 is 3.36. The van der Waals surface area contributed by atoms with E-state index in [-0.39, 0.29) is 5.91 Å². The number of nitrogens with zero attached hydrogens (tertiary/aromatic N) is 4. The monoisotopic (exact) mass is 359 g/mol. The van der Waals surface area contributed by atoms with Crippen LogP contribution in [0.3, 0.4) is 0 Å². The molecule has 0 bridgehead atoms. The number of carbonyl (C=O) groups is 1. The van der Waals surface area contributed by atoms with Crippen molar-refractivity contribution in [3.05, 3.63) is 58.5 Å². The highest BCUT2D eigenvalue weighted by Crippen LogP contribution is 2.15. The maximum absolute atomic E-state index is 12.4. The van der Waals surface area contributed by atoms with Gasteiger partial charge in [0.05, 0.1) is 22.1 Å². The van der Waals surface area contributed by atoms with E-state index < -0.39 is 0 Å². The summed E-state index contributed by atoms with van der Waals surface area (Å²) < 4.78 is 4.23. The van der Waals surface area contributed by atoms with E-state index in [0.717, 1.165) is 15.9 Å². The van der Waals surface area contributed by atoms with E-state index in [1.807, 2.05) is 31.3 Å². The van der Waals surface area contributed by atoms with Crippen LogP contribution in [0.2, 0.25) is 0 Å². The molecule has 0 radical (unpaired) electrons. The lowest BCUT2D eigenvalue weighted by Gasteiger charge is -2.07. The van der Waals surface area contributed by atoms with Gasteiger partial charge in [0.2, 0.25) is 0 Å². The minimum absolute atomic E-state index is 0.184. The number of halogens is 1. The van der Waals surface area contributed by atoms with Crippen LogP contribution in [0.1, 0.15) is 16.1 Å². The molecule has 6 nitrogen and oxygen atoms in total. The third-order valence-electron chi connectivity index (χ3n) is 3.17. The number of benzene rings is 1. The van der Waals surface area contributed by atoms with E-state index in [1.165, 1.54) is 0 Å². The molecule has 0 spiro atoms. The van der Waals surface area contributed by atoms with Crippen LogP contribution in [-0.4, -0.2) is 25.5 Å². The summed E-state index contributed by atoms with van der Waals surface area (Å²) in [5.74, 6) is 0.478. The summed E-state index contributed by atoms with van der Waals surface area (Å²) in [6.07, 6.45) is 3.53. The molecule has 22 heavy (non-hydrogen) atoms. The highest BCUT2D eigenvalue weighted by atomic mass is 79.9. The van der Waals surface area contributed by atoms with Gasteiger partial charge in [-0.1, -0.05) is 6.07 Å². The third-order valence-corrected chi connectivity index (χ3v) is 3.58. The number of aryl methyl sites for hydroxylation is 2. The van der Waals surface area contributed by atoms with Crippen LogP contribution in [0, 0.1) is 6.92 Å². The number of aromatic nitrogens is 4. The maximum atomic E-state index is 12.4. The normalized spacial score (nSPS) is 10.7. The van der Waals surface area contributed by atoms with Gasteiger partial charge in [0.25, 0.3) is 5.91 Å². The van der Waals surface area contributed by atoms with Crippen molar-refractivity contribution in [2.75, 3.05) is 5.32 Å². The van der Waals surface area contributed by atoms with Crippen LogP contribution in [0.5, 0.6) is 0 Å². The summed E-state index contributed by atoms with van der Waals surface area (Å²) in [4.78, 5) is 12.4. The standard InChI is InChI=1S/C15H14BrN5O/c1-10-6-14(20(2)19-10)18-15(22)11-4-3-5-13(7-11)21-9-12(16)8-17-21/h3-9H,1-2H3,(H,18,22). The van der Waals surface area contributed by atoms with Gasteiger partial charge in [-0.3, -0.25) is 9.48 Å². The van der Waals surface area contributed by atoms with E-state index in [0.29, 0.717) is 11.4 Å². The molecule has 2 aromatic heterocycles. The van der Waals surface area contributed by atoms with Crippen molar-refractivity contribution in [2.24, 2.45) is 7.05 Å². The van der Waals surface area contributed by atoms with Gasteiger partial charge >= 0.3 is 0 Å². The topological polar surface area (TPSA) is 64.7 Å². The minimum Gasteiger partial charge on any atom is -0.307 e. The summed E-state index contributed by atoms with van der Waals surface area (Å²) in [7, 11) is 1.79. The zero-order chi connectivity index (χ0) is 15.7. The lowest BCUT2D eigenvalue weighted by Crippen LogP contribution is -2.14. The number of amides is 1. The molecule has 112 valence electrons. The molecule has 0 aliphatic carbocycles. The molecule has 2 heterocycles. The Bertz CT molecular complexity index is 836. The Balaban J connectivity index is 1.85. The van der Waals surface area contributed by atoms with E-state index in [1.54, 1.807) is 34.7 Å². The Hall–Kier alpha value is -2.41. The van der Waals surface area contributed by atoms with E-state index in [9.17, 15) is 4.79 Å². The first-order chi connectivity index (χ1) is 10.5. The van der Waals surface area contributed by atoms with Crippen LogP contribution in [0.15, 0.2) is 47.2 Å². The second kappa shape index (κ2) is 5.76. The number of carbonyl (C=O) groups excluding carboxylic acids is 1. The molecule has 1 N–H and O–H groups in total. The molecule has 3 aromatic rings. The van der Waals surface area contributed by atoms with Crippen molar-refractivity contribution in [3.8, 4) is 5.69 Å². The number of hydrogen-bond acceptors (Lipinski definition) is 3. The summed E-state index contributed by atoms with van der Waals surface area (Å²) in [6.45, 7) is 1.88. The Morgan fingerprint density at radius 1 is 1.32 bits per heavy atom. The first-order valence-electron chi connectivity index (χ1n) is 6.65. The van der Waals surface area contributed by atoms with E-state index in [4.69, 9.17) is 0 Å². The fourth-order valence-corrected chi connectivity index (χ4v) is 2.43. The molecule has 3 rings (SSSR count). The Labute approximate surface area is 135 Å². The van der Waals surface area contributed by atoms with Gasteiger partial charge in [-0.2, -0.15) is 10.2 Å². The second-order valence-corrected chi connectivity index (χ2v) is 5.82. The van der Waals surface area contributed by atoms with E-state index in [2.05, 4.69) is 31.4 Å². The van der Waals surface area contributed by atoms with Crippen LogP contribution in [0.25, 0.3) is 5.69 Å². The van der Waals surface area contributed by atoms with Crippen molar-refractivity contribution < 1.29 is 4.79 Å². The van der Waals surface area contributed by atoms with Crippen molar-refractivity contribution in [3.63, 3.8) is 0 Å². The highest BCUT2D eigenvalue weighted by molar-refractivity contribution is 9.10. The van der Waals surface area contributed by atoms with Crippen molar-refractivity contribution in [1.82, 2.24) is 19.6 Å². The summed E-state index contributed by atoms with van der Waals surface area (Å²) in [6, 6.07) is 9.10. The smallest absolute Gasteiger partial charge is 0.256 e. The largest absolute Gasteiger partial charge is 0.307 e. The van der Waals surface area contributed by atoms with Crippen LogP contribution in [-0.2, 0) is 7.05 Å². The number of anilines is 1. The first-order valence-corrected chi connectivity index (χ1v) is 7.45. The molecule has 0 atom stereocenters. The zero-order valence-electron chi connectivity index (χ0n) is 12.1. The van der Waals surface area contributed by atoms with Gasteiger partial charge in [0, 0.05) is 24.9 Å². The highest BCUT2D eigenvalue weighted by Gasteiger charge is 2.10. The number of hydrogen-bond donors (Lipinski definition) is 1. The number of rotatable bonds is 3. The zero-order valence-corrected chi connectivity index (χ0v) is 13.7. The van der Waals surface area contributed by atoms with Gasteiger partial charge in [0.1, 0.15) is 5.82 Å². The molecule has 0 fully saturated rings. The quantitative estimate of drug-likeness (QED) is 0.781. The van der Waals surface area contributed by atoms with Crippen LogP contribution in [0.4, 0.5) is 5.82 Å². The van der Waals surface area contributed by atoms with Gasteiger partial charge in [-0.05, 0) is 41.1 Å². The van der Waals surface area contributed by atoms with Crippen LogP contribution < -0.4 is 5.32 Å². The molecule has 1 amide bonds. The molecular weight excluding hydrogens is 346 g/mol. The SMILES string of the molecule is Cc1cc(NC(=O)c2cccc(-n3cc(Br)cn3)c2)n(C)n1. The van der Waals surface area contributed by atoms with Gasteiger partial charge in [-0.15, -0.1) is 0 Å². The van der Waals surface area contributed by atoms with Crippen molar-refractivity contribution in [2.45, 2.75) is 6.92 Å². The fourth-order valence-electron chi connectivity index (χ4n) is 2.15. The molecular formula is C15H14BrN5O. The maximum Gasteiger partial charge on any atom is 0.256 e. The van der Waals surface area contributed by atoms with Gasteiger partial charge in [0.15, 0.2) is 0 Å². The lowest BCUT2D eigenvalue weighted by atomic mass is 10.2. The predicted molar refractivity (Wildman–Crippen MR) is 87.2 cm³/mol. The average Bonchev–Trinajstić information content (AvgIpc) is 3.05. The minimum atomic E-state index is -0.184. The molecule has 0 aliphatic heterocycles. The second-order valence-electron chi connectivity index (χ2n) is 4.90. The Morgan fingerprint density at radius 2 is 2.14 bits per heavy atom. The lowest BCUT2D eigenvalue weighted by molar-refractivity contribution is 0.102. The number of nitrogens with one attached hydrogen (secondary N) is 1. The molecule has 0 saturated heterocycles.